The van der Waals surface area contributed by atoms with Crippen molar-refractivity contribution in [3.8, 4) is 11.6 Å². The maximum Gasteiger partial charge on any atom is 0.257 e. The Morgan fingerprint density at radius 1 is 1.17 bits per heavy atom. The lowest BCUT2D eigenvalue weighted by Gasteiger charge is -2.09. The highest BCUT2D eigenvalue weighted by Gasteiger charge is 2.21. The van der Waals surface area contributed by atoms with Gasteiger partial charge in [0.15, 0.2) is 0 Å². The third-order valence-corrected chi connectivity index (χ3v) is 5.40. The second-order valence-corrected chi connectivity index (χ2v) is 7.57. The zero-order valence-corrected chi connectivity index (χ0v) is 17.2. The number of rotatable bonds is 1. The molecule has 148 valence electrons. The summed E-state index contributed by atoms with van der Waals surface area (Å²) in [5.74, 6) is 0.998. The molecule has 0 saturated carbocycles. The number of halogens is 1. The van der Waals surface area contributed by atoms with Gasteiger partial charge in [-0.05, 0) is 39.3 Å². The van der Waals surface area contributed by atoms with E-state index in [0.29, 0.717) is 23.5 Å². The van der Waals surface area contributed by atoms with Gasteiger partial charge < -0.3 is 14.6 Å². The van der Waals surface area contributed by atoms with Crippen molar-refractivity contribution in [3.63, 3.8) is 0 Å². The highest BCUT2D eigenvalue weighted by atomic mass is 35.5. The third-order valence-electron chi connectivity index (χ3n) is 5.10. The van der Waals surface area contributed by atoms with Gasteiger partial charge in [-0.1, -0.05) is 11.6 Å². The van der Waals surface area contributed by atoms with Gasteiger partial charge in [-0.25, -0.2) is 9.67 Å². The molecule has 9 heteroatoms. The van der Waals surface area contributed by atoms with E-state index in [4.69, 9.17) is 21.4 Å². The lowest BCUT2D eigenvalue weighted by molar-refractivity contribution is 0.291. The van der Waals surface area contributed by atoms with Crippen LogP contribution in [0.2, 0.25) is 5.02 Å². The smallest absolute Gasteiger partial charge is 0.257 e. The molecule has 2 bridgehead atoms. The summed E-state index contributed by atoms with van der Waals surface area (Å²) >= 11 is 6.33. The average molecular weight is 410 g/mol. The maximum atomic E-state index is 6.33. The van der Waals surface area contributed by atoms with Gasteiger partial charge >= 0.3 is 0 Å². The molecule has 1 aliphatic rings. The summed E-state index contributed by atoms with van der Waals surface area (Å²) in [5, 5.41) is 9.49. The minimum atomic E-state index is 0.474. The molecule has 29 heavy (non-hydrogen) atoms. The third kappa shape index (κ3) is 3.00. The zero-order chi connectivity index (χ0) is 20.1. The highest BCUT2D eigenvalue weighted by Crippen LogP contribution is 2.33. The predicted octanol–water partition coefficient (Wildman–Crippen LogP) is 4.12. The van der Waals surface area contributed by atoms with Crippen LogP contribution >= 0.6 is 11.6 Å². The van der Waals surface area contributed by atoms with Gasteiger partial charge in [-0.2, -0.15) is 4.98 Å². The molecular formula is C20H20ClN7O. The van der Waals surface area contributed by atoms with E-state index in [1.165, 1.54) is 0 Å². The van der Waals surface area contributed by atoms with Crippen LogP contribution in [0.1, 0.15) is 23.5 Å². The lowest BCUT2D eigenvalue weighted by Crippen LogP contribution is -2.06. The van der Waals surface area contributed by atoms with Gasteiger partial charge in [0.05, 0.1) is 34.1 Å². The molecule has 0 fully saturated rings. The molecule has 0 aromatic carbocycles. The molecule has 0 atom stereocenters. The van der Waals surface area contributed by atoms with E-state index in [9.17, 15) is 0 Å². The molecule has 0 aliphatic carbocycles. The molecule has 8 nitrogen and oxygen atoms in total. The molecule has 4 aromatic rings. The average Bonchev–Trinajstić information content (AvgIpc) is 3.16. The number of nitrogens with zero attached hydrogens (tertiary/aromatic N) is 6. The normalized spacial score (nSPS) is 13.7. The van der Waals surface area contributed by atoms with E-state index in [2.05, 4.69) is 20.3 Å². The molecule has 5 heterocycles. The first-order chi connectivity index (χ1) is 14.0. The summed E-state index contributed by atoms with van der Waals surface area (Å²) < 4.78 is 9.91. The first-order valence-corrected chi connectivity index (χ1v) is 9.84. The second kappa shape index (κ2) is 6.73. The minimum Gasteiger partial charge on any atom is -0.475 e. The fourth-order valence-corrected chi connectivity index (χ4v) is 3.88. The number of ether oxygens (including phenoxy) is 1. The van der Waals surface area contributed by atoms with Crippen molar-refractivity contribution in [2.24, 2.45) is 0 Å². The Morgan fingerprint density at radius 3 is 2.86 bits per heavy atom. The standard InChI is InChI=1S/C20H20ClN7O/c1-11-5-6-16(12(2)23-11)28-13(3)17-19(26-28)29-8-4-7-27-10-15(21)14-9-22-20(24-17)25-18(14)27/h5-6,9-10H,4,7-8H2,1-3H3,(H,22,24,25). The largest absolute Gasteiger partial charge is 0.475 e. The summed E-state index contributed by atoms with van der Waals surface area (Å²) in [6.45, 7) is 7.21. The highest BCUT2D eigenvalue weighted by molar-refractivity contribution is 6.35. The van der Waals surface area contributed by atoms with Crippen molar-refractivity contribution < 1.29 is 4.74 Å². The topological polar surface area (TPSA) is 82.7 Å². The van der Waals surface area contributed by atoms with E-state index in [-0.39, 0.29) is 0 Å². The van der Waals surface area contributed by atoms with E-state index in [1.807, 2.05) is 48.3 Å². The molecule has 1 N–H and O–H groups in total. The number of aryl methyl sites for hydroxylation is 3. The Balaban J connectivity index is 1.64. The predicted molar refractivity (Wildman–Crippen MR) is 112 cm³/mol. The van der Waals surface area contributed by atoms with Gasteiger partial charge in [-0.3, -0.25) is 4.98 Å². The summed E-state index contributed by atoms with van der Waals surface area (Å²) in [6, 6.07) is 4.00. The second-order valence-electron chi connectivity index (χ2n) is 7.16. The Labute approximate surface area is 172 Å². The molecule has 0 unspecified atom stereocenters. The van der Waals surface area contributed by atoms with E-state index in [1.54, 1.807) is 6.20 Å². The van der Waals surface area contributed by atoms with Crippen LogP contribution in [0.5, 0.6) is 5.88 Å². The number of pyridine rings is 1. The number of hydrogen-bond donors (Lipinski definition) is 1. The lowest BCUT2D eigenvalue weighted by atomic mass is 10.2. The van der Waals surface area contributed by atoms with Crippen molar-refractivity contribution in [1.82, 2.24) is 29.3 Å². The number of fused-ring (bicyclic) bond motifs is 2. The Morgan fingerprint density at radius 2 is 2.03 bits per heavy atom. The number of nitrogens with one attached hydrogen (secondary N) is 1. The van der Waals surface area contributed by atoms with Crippen molar-refractivity contribution in [2.45, 2.75) is 33.7 Å². The van der Waals surface area contributed by atoms with Crippen LogP contribution in [-0.2, 0) is 6.54 Å². The molecule has 0 spiro atoms. The number of hydrogen-bond acceptors (Lipinski definition) is 6. The van der Waals surface area contributed by atoms with E-state index < -0.39 is 0 Å². The minimum absolute atomic E-state index is 0.474. The van der Waals surface area contributed by atoms with E-state index >= 15 is 0 Å². The van der Waals surface area contributed by atoms with Crippen molar-refractivity contribution >= 4 is 34.3 Å². The van der Waals surface area contributed by atoms with Gasteiger partial charge in [-0.15, -0.1) is 5.10 Å². The molecule has 0 amide bonds. The van der Waals surface area contributed by atoms with Crippen LogP contribution in [0, 0.1) is 20.8 Å². The summed E-state index contributed by atoms with van der Waals surface area (Å²) in [6.07, 6.45) is 4.44. The molecule has 1 aliphatic heterocycles. The molecular weight excluding hydrogens is 390 g/mol. The SMILES string of the molecule is Cc1ccc(-n2nc3c(c2C)Nc2ncc4c(Cl)cn(c4n2)CCCO3)c(C)n1. The van der Waals surface area contributed by atoms with Crippen LogP contribution in [0.4, 0.5) is 11.6 Å². The van der Waals surface area contributed by atoms with Crippen molar-refractivity contribution in [1.29, 1.82) is 0 Å². The quantitative estimate of drug-likeness (QED) is 0.509. The Bertz CT molecular complexity index is 1240. The van der Waals surface area contributed by atoms with Gasteiger partial charge in [0.1, 0.15) is 11.3 Å². The molecule has 4 aromatic heterocycles. The number of aromatic nitrogens is 6. The maximum absolute atomic E-state index is 6.33. The van der Waals surface area contributed by atoms with Gasteiger partial charge in [0, 0.05) is 24.6 Å². The van der Waals surface area contributed by atoms with Crippen LogP contribution < -0.4 is 10.1 Å². The molecule has 0 saturated heterocycles. The van der Waals surface area contributed by atoms with E-state index in [0.717, 1.165) is 52.5 Å². The fraction of sp³-hybridized carbons (Fsp3) is 0.300. The number of anilines is 2. The summed E-state index contributed by atoms with van der Waals surface area (Å²) in [5.41, 5.74) is 5.23. The van der Waals surface area contributed by atoms with Crippen LogP contribution in [-0.4, -0.2) is 35.9 Å². The summed E-state index contributed by atoms with van der Waals surface area (Å²) in [4.78, 5) is 13.7. The zero-order valence-electron chi connectivity index (χ0n) is 16.4. The van der Waals surface area contributed by atoms with Crippen LogP contribution in [0.3, 0.4) is 0 Å². The van der Waals surface area contributed by atoms with Crippen LogP contribution in [0.15, 0.2) is 24.5 Å². The first-order valence-electron chi connectivity index (χ1n) is 9.46. The summed E-state index contributed by atoms with van der Waals surface area (Å²) in [7, 11) is 0. The van der Waals surface area contributed by atoms with Crippen LogP contribution in [0.25, 0.3) is 16.7 Å². The van der Waals surface area contributed by atoms with Gasteiger partial charge in [0.25, 0.3) is 5.88 Å². The molecule has 5 rings (SSSR count). The van der Waals surface area contributed by atoms with Crippen molar-refractivity contribution in [2.75, 3.05) is 11.9 Å². The first kappa shape index (κ1) is 17.9. The van der Waals surface area contributed by atoms with Gasteiger partial charge in [0.2, 0.25) is 5.95 Å². The molecule has 0 radical (unpaired) electrons. The fourth-order valence-electron chi connectivity index (χ4n) is 3.63. The van der Waals surface area contributed by atoms with Crippen molar-refractivity contribution in [3.05, 3.63) is 46.6 Å². The Hall–Kier alpha value is -3.13. The monoisotopic (exact) mass is 409 g/mol. The Kier molecular flexibility index (Phi) is 4.16.